The fourth-order valence-electron chi connectivity index (χ4n) is 4.84. The molecule has 1 N–H and O–H groups in total. The highest BCUT2D eigenvalue weighted by Gasteiger charge is 2.34. The Balaban J connectivity index is 1.79. The molecule has 4 aromatic carbocycles. The van der Waals surface area contributed by atoms with Gasteiger partial charge in [0.2, 0.25) is 11.8 Å². The normalized spacial score (nSPS) is 12.0. The van der Waals surface area contributed by atoms with Gasteiger partial charge in [-0.05, 0) is 67.3 Å². The maximum Gasteiger partial charge on any atom is 0.264 e. The summed E-state index contributed by atoms with van der Waals surface area (Å²) in [5.41, 5.74) is 4.05. The number of nitrogens with zero attached hydrogens (tertiary/aromatic N) is 2. The number of carbonyl (C=O) groups is 2. The first-order valence-electron chi connectivity index (χ1n) is 15.0. The average Bonchev–Trinajstić information content (AvgIpc) is 3.02. The Kier molecular flexibility index (Phi) is 11.4. The summed E-state index contributed by atoms with van der Waals surface area (Å²) in [6, 6.07) is 29.2. The number of carbonyl (C=O) groups excluding carboxylic acids is 2. The van der Waals surface area contributed by atoms with E-state index < -0.39 is 28.5 Å². The molecule has 0 aliphatic heterocycles. The van der Waals surface area contributed by atoms with Crippen LogP contribution in [-0.4, -0.2) is 44.3 Å². The number of benzene rings is 4. The third-order valence-corrected chi connectivity index (χ3v) is 9.47. The van der Waals surface area contributed by atoms with Crippen molar-refractivity contribution in [3.8, 4) is 0 Å². The lowest BCUT2D eigenvalue weighted by Gasteiger charge is -2.34. The van der Waals surface area contributed by atoms with Gasteiger partial charge < -0.3 is 10.2 Å². The first-order valence-corrected chi connectivity index (χ1v) is 16.8. The van der Waals surface area contributed by atoms with E-state index in [1.807, 2.05) is 82.3 Å². The predicted molar refractivity (Wildman–Crippen MR) is 181 cm³/mol. The lowest BCUT2D eigenvalue weighted by Crippen LogP contribution is -2.53. The van der Waals surface area contributed by atoms with Gasteiger partial charge in [-0.2, -0.15) is 0 Å². The molecule has 2 amide bonds. The van der Waals surface area contributed by atoms with Gasteiger partial charge in [-0.3, -0.25) is 13.9 Å². The van der Waals surface area contributed by atoms with Crippen molar-refractivity contribution in [1.82, 2.24) is 10.2 Å². The van der Waals surface area contributed by atoms with Gasteiger partial charge in [0.25, 0.3) is 10.0 Å². The summed E-state index contributed by atoms with van der Waals surface area (Å²) in [4.78, 5) is 29.8. The number of hydrogen-bond acceptors (Lipinski definition) is 4. The smallest absolute Gasteiger partial charge is 0.264 e. The lowest BCUT2D eigenvalue weighted by atomic mass is 10.0. The number of sulfonamides is 1. The first kappa shape index (κ1) is 33.7. The van der Waals surface area contributed by atoms with Crippen molar-refractivity contribution in [2.45, 2.75) is 51.6 Å². The lowest BCUT2D eigenvalue weighted by molar-refractivity contribution is -0.140. The molecule has 4 aromatic rings. The Bertz CT molecular complexity index is 1680. The van der Waals surface area contributed by atoms with Crippen LogP contribution < -0.4 is 9.62 Å². The maximum absolute atomic E-state index is 14.5. The van der Waals surface area contributed by atoms with Crippen LogP contribution in [0.1, 0.15) is 36.1 Å². The summed E-state index contributed by atoms with van der Waals surface area (Å²) in [5, 5.41) is 3.40. The number of nitrogens with one attached hydrogen (secondary N) is 1. The molecule has 0 bridgehead atoms. The Morgan fingerprint density at radius 3 is 1.93 bits per heavy atom. The topological polar surface area (TPSA) is 86.8 Å². The van der Waals surface area contributed by atoms with Crippen LogP contribution in [0.5, 0.6) is 0 Å². The van der Waals surface area contributed by atoms with Gasteiger partial charge in [-0.15, -0.1) is 0 Å². The monoisotopic (exact) mass is 645 g/mol. The van der Waals surface area contributed by atoms with Gasteiger partial charge in [0.05, 0.1) is 10.6 Å². The Hall–Kier alpha value is -4.14. The molecule has 0 aromatic heterocycles. The molecule has 0 saturated carbocycles. The molecular weight excluding hydrogens is 606 g/mol. The van der Waals surface area contributed by atoms with Gasteiger partial charge in [0.1, 0.15) is 12.6 Å². The average molecular weight is 646 g/mol. The standard InChI is InChI=1S/C36H40ClN3O4S/c1-26(2)23-38-36(42)34(22-29-8-6-5-7-9-29)39(24-30-14-10-27(3)11-15-30)35(41)25-40(32-18-12-28(4)13-19-32)45(43,44)33-20-16-31(37)17-21-33/h5-21,26,34H,22-25H2,1-4H3,(H,38,42)/t34-/m0/s1. The molecule has 0 aliphatic carbocycles. The van der Waals surface area contributed by atoms with Gasteiger partial charge in [0, 0.05) is 24.5 Å². The summed E-state index contributed by atoms with van der Waals surface area (Å²) in [5.74, 6) is -0.598. The fraction of sp³-hybridized carbons (Fsp3) is 0.278. The van der Waals surface area contributed by atoms with E-state index in [4.69, 9.17) is 11.6 Å². The summed E-state index contributed by atoms with van der Waals surface area (Å²) in [6.45, 7) is 7.94. The second kappa shape index (κ2) is 15.2. The molecule has 0 spiro atoms. The van der Waals surface area contributed by atoms with Crippen LogP contribution in [-0.2, 0) is 32.6 Å². The Morgan fingerprint density at radius 1 is 0.778 bits per heavy atom. The molecule has 0 saturated heterocycles. The number of halogens is 1. The van der Waals surface area contributed by atoms with Crippen molar-refractivity contribution in [1.29, 1.82) is 0 Å². The van der Waals surface area contributed by atoms with Crippen molar-refractivity contribution < 1.29 is 18.0 Å². The SMILES string of the molecule is Cc1ccc(CN(C(=O)CN(c2ccc(C)cc2)S(=O)(=O)c2ccc(Cl)cc2)[C@@H](Cc2ccccc2)C(=O)NCC(C)C)cc1. The van der Waals surface area contributed by atoms with Crippen LogP contribution in [0.3, 0.4) is 0 Å². The summed E-state index contributed by atoms with van der Waals surface area (Å²) >= 11 is 6.06. The summed E-state index contributed by atoms with van der Waals surface area (Å²) < 4.78 is 29.3. The zero-order valence-corrected chi connectivity index (χ0v) is 27.7. The van der Waals surface area contributed by atoms with E-state index >= 15 is 0 Å². The van der Waals surface area contributed by atoms with Crippen LogP contribution in [0.4, 0.5) is 5.69 Å². The van der Waals surface area contributed by atoms with E-state index in [2.05, 4.69) is 5.32 Å². The van der Waals surface area contributed by atoms with Gasteiger partial charge in [0.15, 0.2) is 0 Å². The van der Waals surface area contributed by atoms with E-state index in [-0.39, 0.29) is 29.7 Å². The van der Waals surface area contributed by atoms with Crippen molar-refractivity contribution in [2.75, 3.05) is 17.4 Å². The van der Waals surface area contributed by atoms with Gasteiger partial charge in [-0.25, -0.2) is 8.42 Å². The molecule has 0 radical (unpaired) electrons. The minimum atomic E-state index is -4.19. The fourth-order valence-corrected chi connectivity index (χ4v) is 6.38. The molecule has 4 rings (SSSR count). The van der Waals surface area contributed by atoms with Crippen LogP contribution in [0.15, 0.2) is 108 Å². The molecule has 236 valence electrons. The highest BCUT2D eigenvalue weighted by atomic mass is 35.5. The highest BCUT2D eigenvalue weighted by Crippen LogP contribution is 2.26. The molecule has 1 atom stereocenters. The molecule has 7 nitrogen and oxygen atoms in total. The molecule has 0 heterocycles. The molecule has 9 heteroatoms. The van der Waals surface area contributed by atoms with E-state index in [9.17, 15) is 18.0 Å². The van der Waals surface area contributed by atoms with E-state index in [0.717, 1.165) is 26.6 Å². The minimum absolute atomic E-state index is 0.000807. The quantitative estimate of drug-likeness (QED) is 0.178. The zero-order valence-electron chi connectivity index (χ0n) is 26.1. The van der Waals surface area contributed by atoms with Crippen molar-refractivity contribution in [3.05, 3.63) is 130 Å². The number of amides is 2. The Morgan fingerprint density at radius 2 is 1.36 bits per heavy atom. The van der Waals surface area contributed by atoms with Gasteiger partial charge >= 0.3 is 0 Å². The van der Waals surface area contributed by atoms with Crippen molar-refractivity contribution in [3.63, 3.8) is 0 Å². The minimum Gasteiger partial charge on any atom is -0.354 e. The molecular formula is C36H40ClN3O4S. The van der Waals surface area contributed by atoms with E-state index in [0.29, 0.717) is 17.3 Å². The number of hydrogen-bond donors (Lipinski definition) is 1. The second-order valence-electron chi connectivity index (χ2n) is 11.7. The van der Waals surface area contributed by atoms with E-state index in [1.165, 1.54) is 29.2 Å². The third kappa shape index (κ3) is 9.19. The van der Waals surface area contributed by atoms with Crippen LogP contribution >= 0.6 is 11.6 Å². The third-order valence-electron chi connectivity index (χ3n) is 7.43. The number of aryl methyl sites for hydroxylation is 2. The predicted octanol–water partition coefficient (Wildman–Crippen LogP) is 6.56. The highest BCUT2D eigenvalue weighted by molar-refractivity contribution is 7.92. The van der Waals surface area contributed by atoms with Crippen LogP contribution in [0.25, 0.3) is 0 Å². The molecule has 0 unspecified atom stereocenters. The Labute approximate surface area is 271 Å². The van der Waals surface area contributed by atoms with E-state index in [1.54, 1.807) is 24.3 Å². The number of rotatable bonds is 13. The van der Waals surface area contributed by atoms with Crippen LogP contribution in [0, 0.1) is 19.8 Å². The first-order chi connectivity index (χ1) is 21.4. The van der Waals surface area contributed by atoms with Crippen molar-refractivity contribution >= 4 is 39.1 Å². The van der Waals surface area contributed by atoms with Crippen LogP contribution in [0.2, 0.25) is 5.02 Å². The second-order valence-corrected chi connectivity index (χ2v) is 14.0. The van der Waals surface area contributed by atoms with Gasteiger partial charge in [-0.1, -0.05) is 103 Å². The summed E-state index contributed by atoms with van der Waals surface area (Å²) in [7, 11) is -4.19. The molecule has 0 fully saturated rings. The largest absolute Gasteiger partial charge is 0.354 e. The zero-order chi connectivity index (χ0) is 32.6. The maximum atomic E-state index is 14.5. The molecule has 45 heavy (non-hydrogen) atoms. The number of anilines is 1. The molecule has 0 aliphatic rings. The summed E-state index contributed by atoms with van der Waals surface area (Å²) in [6.07, 6.45) is 0.261. The van der Waals surface area contributed by atoms with Crippen molar-refractivity contribution in [2.24, 2.45) is 5.92 Å².